The zero-order valence-electron chi connectivity index (χ0n) is 18.5. The van der Waals surface area contributed by atoms with Crippen molar-refractivity contribution in [3.63, 3.8) is 0 Å². The number of carbonyl (C=O) groups excluding carboxylic acids is 2. The highest BCUT2D eigenvalue weighted by atomic mass is 19.4. The number of nitrogens with zero attached hydrogens (tertiary/aromatic N) is 2. The normalized spacial score (nSPS) is 17.1. The number of benzene rings is 2. The van der Waals surface area contributed by atoms with E-state index in [-0.39, 0.29) is 30.6 Å². The van der Waals surface area contributed by atoms with Gasteiger partial charge < -0.3 is 10.1 Å². The highest BCUT2D eigenvalue weighted by Crippen LogP contribution is 2.29. The summed E-state index contributed by atoms with van der Waals surface area (Å²) in [5.74, 6) is -0.211. The summed E-state index contributed by atoms with van der Waals surface area (Å²) in [5.41, 5.74) is 2.68. The van der Waals surface area contributed by atoms with Gasteiger partial charge in [0.05, 0.1) is 18.0 Å². The molecule has 2 atom stereocenters. The number of Topliss-reactive ketones (excluding diaryl/α,β-unsaturated/α-hetero) is 1. The highest BCUT2D eigenvalue weighted by Gasteiger charge is 2.36. The number of rotatable bonds is 7. The first kappa shape index (κ1) is 23.7. The first-order valence-corrected chi connectivity index (χ1v) is 11.0. The molecule has 0 bridgehead atoms. The maximum absolute atomic E-state index is 12.8. The number of amides is 1. The molecule has 1 aliphatic carbocycles. The predicted molar refractivity (Wildman–Crippen MR) is 120 cm³/mol. The number of hydrogen-bond donors (Lipinski definition) is 1. The lowest BCUT2D eigenvalue weighted by atomic mass is 10.1. The number of alkyl halides is 3. The molecule has 178 valence electrons. The standard InChI is InChI=1S/C25H24F3N3O3/c1-16(25(26,27)28)34-15-17-6-5-7-18(12-17)22-14-23(29-24(33)19-10-11-21(32)13-19)30-31(22)20-8-3-2-4-9-20/h2-9,12,14,16,19H,10-11,13,15H2,1H3,(H,29,30,33)/t16-,19-/m1/s1. The Morgan fingerprint density at radius 1 is 1.18 bits per heavy atom. The smallest absolute Gasteiger partial charge is 0.364 e. The van der Waals surface area contributed by atoms with Crippen molar-refractivity contribution in [3.8, 4) is 16.9 Å². The first-order valence-electron chi connectivity index (χ1n) is 11.0. The van der Waals surface area contributed by atoms with Gasteiger partial charge in [-0.05, 0) is 37.1 Å². The van der Waals surface area contributed by atoms with E-state index in [9.17, 15) is 22.8 Å². The number of ketones is 1. The third-order valence-corrected chi connectivity index (χ3v) is 5.76. The Kier molecular flexibility index (Phi) is 6.83. The van der Waals surface area contributed by atoms with Crippen molar-refractivity contribution in [2.45, 2.75) is 45.1 Å². The van der Waals surface area contributed by atoms with Crippen LogP contribution in [0.2, 0.25) is 0 Å². The SMILES string of the molecule is C[C@@H](OCc1cccc(-c2cc(NC(=O)[C@@H]3CCC(=O)C3)nn2-c2ccccc2)c1)C(F)(F)F. The Bertz CT molecular complexity index is 1170. The Balaban J connectivity index is 1.61. The summed E-state index contributed by atoms with van der Waals surface area (Å²) in [6.45, 7) is 0.772. The summed E-state index contributed by atoms with van der Waals surface area (Å²) in [6, 6.07) is 18.0. The van der Waals surface area contributed by atoms with Gasteiger partial charge in [0.2, 0.25) is 5.91 Å². The van der Waals surface area contributed by atoms with Crippen molar-refractivity contribution in [2.75, 3.05) is 5.32 Å². The summed E-state index contributed by atoms with van der Waals surface area (Å²) in [6.07, 6.45) is -5.15. The Hall–Kier alpha value is -3.46. The number of carbonyl (C=O) groups is 2. The van der Waals surface area contributed by atoms with Crippen LogP contribution in [0.15, 0.2) is 60.7 Å². The van der Waals surface area contributed by atoms with E-state index in [4.69, 9.17) is 4.74 Å². The van der Waals surface area contributed by atoms with Gasteiger partial charge >= 0.3 is 6.18 Å². The molecular formula is C25H24F3N3O3. The molecule has 0 spiro atoms. The molecule has 9 heteroatoms. The number of hydrogen-bond acceptors (Lipinski definition) is 4. The van der Waals surface area contributed by atoms with Crippen molar-refractivity contribution in [1.82, 2.24) is 9.78 Å². The zero-order valence-corrected chi connectivity index (χ0v) is 18.5. The Morgan fingerprint density at radius 3 is 2.62 bits per heavy atom. The van der Waals surface area contributed by atoms with E-state index in [1.54, 1.807) is 28.9 Å². The van der Waals surface area contributed by atoms with Crippen LogP contribution in [0.5, 0.6) is 0 Å². The van der Waals surface area contributed by atoms with Gasteiger partial charge in [-0.25, -0.2) is 4.68 Å². The monoisotopic (exact) mass is 471 g/mol. The molecule has 1 aromatic heterocycles. The van der Waals surface area contributed by atoms with Gasteiger partial charge in [-0.15, -0.1) is 5.10 Å². The van der Waals surface area contributed by atoms with Crippen LogP contribution < -0.4 is 5.32 Å². The molecule has 0 aliphatic heterocycles. The number of para-hydroxylation sites is 1. The maximum atomic E-state index is 12.8. The summed E-state index contributed by atoms with van der Waals surface area (Å²) in [7, 11) is 0. The molecule has 0 radical (unpaired) electrons. The molecule has 1 aliphatic rings. The fraction of sp³-hybridized carbons (Fsp3) is 0.320. The van der Waals surface area contributed by atoms with Crippen molar-refractivity contribution < 1.29 is 27.5 Å². The molecule has 1 amide bonds. The van der Waals surface area contributed by atoms with Crippen LogP contribution in [0.4, 0.5) is 19.0 Å². The van der Waals surface area contributed by atoms with Gasteiger partial charge in [0.25, 0.3) is 0 Å². The number of halogens is 3. The average molecular weight is 471 g/mol. The van der Waals surface area contributed by atoms with E-state index in [1.165, 1.54) is 0 Å². The average Bonchev–Trinajstić information content (AvgIpc) is 3.44. The first-order chi connectivity index (χ1) is 16.2. The van der Waals surface area contributed by atoms with Gasteiger partial charge in [0.1, 0.15) is 5.78 Å². The van der Waals surface area contributed by atoms with Crippen LogP contribution in [-0.4, -0.2) is 33.8 Å². The Morgan fingerprint density at radius 2 is 1.94 bits per heavy atom. The quantitative estimate of drug-likeness (QED) is 0.507. The third-order valence-electron chi connectivity index (χ3n) is 5.76. The Labute approximate surface area is 194 Å². The van der Waals surface area contributed by atoms with Gasteiger partial charge in [0, 0.05) is 30.4 Å². The van der Waals surface area contributed by atoms with E-state index in [0.29, 0.717) is 35.5 Å². The van der Waals surface area contributed by atoms with Gasteiger partial charge in [0.15, 0.2) is 11.9 Å². The largest absolute Gasteiger partial charge is 0.414 e. The van der Waals surface area contributed by atoms with Crippen molar-refractivity contribution in [2.24, 2.45) is 5.92 Å². The fourth-order valence-electron chi connectivity index (χ4n) is 3.82. The second-order valence-electron chi connectivity index (χ2n) is 8.33. The van der Waals surface area contributed by atoms with E-state index in [2.05, 4.69) is 10.4 Å². The molecular weight excluding hydrogens is 447 g/mol. The summed E-state index contributed by atoms with van der Waals surface area (Å²) >= 11 is 0. The van der Waals surface area contributed by atoms with Gasteiger partial charge in [-0.1, -0.05) is 36.4 Å². The molecule has 34 heavy (non-hydrogen) atoms. The van der Waals surface area contributed by atoms with Crippen LogP contribution >= 0.6 is 0 Å². The predicted octanol–water partition coefficient (Wildman–Crippen LogP) is 5.31. The highest BCUT2D eigenvalue weighted by molar-refractivity contribution is 5.97. The molecule has 3 aromatic rings. The van der Waals surface area contributed by atoms with Crippen molar-refractivity contribution in [3.05, 3.63) is 66.2 Å². The third kappa shape index (κ3) is 5.53. The van der Waals surface area contributed by atoms with E-state index < -0.39 is 12.3 Å². The minimum absolute atomic E-state index is 0.0783. The van der Waals surface area contributed by atoms with E-state index in [1.807, 2.05) is 36.4 Å². The molecule has 2 aromatic carbocycles. The minimum Gasteiger partial charge on any atom is -0.364 e. The van der Waals surface area contributed by atoms with Crippen molar-refractivity contribution in [1.29, 1.82) is 0 Å². The summed E-state index contributed by atoms with van der Waals surface area (Å²) in [5, 5.41) is 7.35. The zero-order chi connectivity index (χ0) is 24.3. The van der Waals surface area contributed by atoms with Crippen LogP contribution in [0, 0.1) is 5.92 Å². The molecule has 1 saturated carbocycles. The molecule has 4 rings (SSSR count). The molecule has 1 fully saturated rings. The van der Waals surface area contributed by atoms with Gasteiger partial charge in [-0.2, -0.15) is 13.2 Å². The van der Waals surface area contributed by atoms with E-state index >= 15 is 0 Å². The maximum Gasteiger partial charge on any atom is 0.414 e. The van der Waals surface area contributed by atoms with Crippen LogP contribution in [0.25, 0.3) is 16.9 Å². The molecule has 1 heterocycles. The lowest BCUT2D eigenvalue weighted by molar-refractivity contribution is -0.217. The molecule has 0 saturated heterocycles. The molecule has 1 N–H and O–H groups in total. The van der Waals surface area contributed by atoms with Crippen molar-refractivity contribution >= 4 is 17.5 Å². The van der Waals surface area contributed by atoms with E-state index in [0.717, 1.165) is 12.6 Å². The van der Waals surface area contributed by atoms with Crippen LogP contribution in [0.1, 0.15) is 31.7 Å². The van der Waals surface area contributed by atoms with Gasteiger partial charge in [-0.3, -0.25) is 9.59 Å². The topological polar surface area (TPSA) is 73.2 Å². The summed E-state index contributed by atoms with van der Waals surface area (Å²) in [4.78, 5) is 24.2. The minimum atomic E-state index is -4.43. The second kappa shape index (κ2) is 9.80. The number of anilines is 1. The lowest BCUT2D eigenvalue weighted by Gasteiger charge is -2.16. The number of nitrogens with one attached hydrogen (secondary N) is 1. The lowest BCUT2D eigenvalue weighted by Crippen LogP contribution is -2.28. The molecule has 0 unspecified atom stereocenters. The van der Waals surface area contributed by atoms with Crippen LogP contribution in [0.3, 0.4) is 0 Å². The fourth-order valence-corrected chi connectivity index (χ4v) is 3.82. The molecule has 6 nitrogen and oxygen atoms in total. The number of ether oxygens (including phenoxy) is 1. The van der Waals surface area contributed by atoms with Crippen LogP contribution in [-0.2, 0) is 20.9 Å². The summed E-state index contributed by atoms with van der Waals surface area (Å²) < 4.78 is 45.0. The number of aromatic nitrogens is 2. The second-order valence-corrected chi connectivity index (χ2v) is 8.33.